The van der Waals surface area contributed by atoms with E-state index in [1.165, 1.54) is 10.6 Å². The molecule has 0 radical (unpaired) electrons. The van der Waals surface area contributed by atoms with Crippen molar-refractivity contribution in [3.63, 3.8) is 0 Å². The molecule has 0 unspecified atom stereocenters. The summed E-state index contributed by atoms with van der Waals surface area (Å²) in [5.41, 5.74) is 1.95. The lowest BCUT2D eigenvalue weighted by molar-refractivity contribution is -0.172. The number of carbonyl (C=O) groups is 7. The van der Waals surface area contributed by atoms with Crippen molar-refractivity contribution >= 4 is 52.3 Å². The first-order valence-corrected chi connectivity index (χ1v) is 22.3. The van der Waals surface area contributed by atoms with Gasteiger partial charge >= 0.3 is 5.97 Å². The first kappa shape index (κ1) is 48.8. The Balaban J connectivity index is 0.941. The van der Waals surface area contributed by atoms with Gasteiger partial charge in [-0.05, 0) is 61.4 Å². The summed E-state index contributed by atoms with van der Waals surface area (Å²) in [6.45, 7) is 3.24. The lowest BCUT2D eigenvalue weighted by Crippen LogP contribution is -2.52. The summed E-state index contributed by atoms with van der Waals surface area (Å²) < 4.78 is 32.6. The van der Waals surface area contributed by atoms with E-state index in [-0.39, 0.29) is 56.7 Å². The number of fused-ring (bicyclic) bond motifs is 5. The minimum absolute atomic E-state index is 0.0429. The Kier molecular flexibility index (Phi) is 15.3. The predicted molar refractivity (Wildman–Crippen MR) is 240 cm³/mol. The first-order valence-electron chi connectivity index (χ1n) is 22.3. The predicted octanol–water partition coefficient (Wildman–Crippen LogP) is 0.224. The van der Waals surface area contributed by atoms with Crippen LogP contribution in [0.4, 0.5) is 4.39 Å². The number of aromatic nitrogens is 2. The smallest absolute Gasteiger partial charge is 0.343 e. The number of esters is 1. The summed E-state index contributed by atoms with van der Waals surface area (Å²) in [6.07, 6.45) is 0.879. The summed E-state index contributed by atoms with van der Waals surface area (Å²) >= 11 is 0. The summed E-state index contributed by atoms with van der Waals surface area (Å²) in [4.78, 5) is 108. The zero-order valence-electron chi connectivity index (χ0n) is 37.8. The number of aryl methyl sites for hydroxylation is 1. The van der Waals surface area contributed by atoms with Gasteiger partial charge in [-0.1, -0.05) is 37.3 Å². The minimum atomic E-state index is -2.04. The normalized spacial score (nSPS) is 16.9. The number of pyridine rings is 2. The average Bonchev–Trinajstić information content (AvgIpc) is 3.70. The van der Waals surface area contributed by atoms with Crippen LogP contribution < -0.4 is 37.5 Å². The molecule has 68 heavy (non-hydrogen) atoms. The van der Waals surface area contributed by atoms with Crippen LogP contribution in [-0.2, 0) is 79.4 Å². The van der Waals surface area contributed by atoms with E-state index >= 15 is 4.39 Å². The quantitative estimate of drug-likeness (QED) is 0.0313. The molecule has 1 aliphatic carbocycles. The van der Waals surface area contributed by atoms with E-state index in [1.54, 1.807) is 57.2 Å². The third-order valence-corrected chi connectivity index (χ3v) is 12.2. The largest absolute Gasteiger partial charge is 0.458 e. The van der Waals surface area contributed by atoms with Crippen LogP contribution >= 0.6 is 0 Å². The molecule has 2 aliphatic heterocycles. The van der Waals surface area contributed by atoms with E-state index in [9.17, 15) is 43.5 Å². The van der Waals surface area contributed by atoms with Gasteiger partial charge in [0.25, 0.3) is 5.56 Å². The molecule has 360 valence electrons. The highest BCUT2D eigenvalue weighted by Crippen LogP contribution is 2.46. The zero-order chi connectivity index (χ0) is 48.7. The van der Waals surface area contributed by atoms with Crippen LogP contribution in [0, 0.1) is 12.7 Å². The number of ether oxygens (including phenoxy) is 3. The van der Waals surface area contributed by atoms with E-state index in [0.717, 1.165) is 5.56 Å². The average molecular weight is 941 g/mol. The molecule has 0 fully saturated rings. The van der Waals surface area contributed by atoms with Crippen molar-refractivity contribution in [2.75, 3.05) is 46.2 Å². The molecule has 7 N–H and O–H groups in total. The summed E-state index contributed by atoms with van der Waals surface area (Å²) in [5.74, 6) is -4.91. The van der Waals surface area contributed by atoms with Gasteiger partial charge in [0.05, 0.1) is 61.3 Å². The van der Waals surface area contributed by atoms with Gasteiger partial charge in [-0.2, -0.15) is 0 Å². The summed E-state index contributed by atoms with van der Waals surface area (Å²) in [6, 6.07) is 9.94. The fourth-order valence-electron chi connectivity index (χ4n) is 8.69. The van der Waals surface area contributed by atoms with E-state index in [2.05, 4.69) is 31.9 Å². The van der Waals surface area contributed by atoms with Crippen molar-refractivity contribution in [1.29, 1.82) is 0 Å². The SMILES string of the molecule is CCOCCC(=O)NCC(=O)NCC(=O)N[C@@H](Cc1ccccc1)C(=O)NCC(=O)NCOCC(=O)N[C@H]1CCc2c(C)c(F)cc3nc4c(c1c23)Cn1c-4cc2c(c1=O)COC(=O)[C@]2(O)CC. The van der Waals surface area contributed by atoms with Crippen molar-refractivity contribution in [3.05, 3.63) is 97.6 Å². The van der Waals surface area contributed by atoms with Gasteiger partial charge in [0.1, 0.15) is 31.8 Å². The van der Waals surface area contributed by atoms with Crippen molar-refractivity contribution < 1.29 is 57.3 Å². The van der Waals surface area contributed by atoms with Crippen LogP contribution in [0.3, 0.4) is 0 Å². The monoisotopic (exact) mass is 940 g/mol. The van der Waals surface area contributed by atoms with Gasteiger partial charge in [0, 0.05) is 42.0 Å². The highest BCUT2D eigenvalue weighted by Gasteiger charge is 2.46. The Labute approximate surface area is 389 Å². The molecule has 2 aromatic carbocycles. The molecular weight excluding hydrogens is 888 g/mol. The molecule has 6 amide bonds. The van der Waals surface area contributed by atoms with E-state index < -0.39 is 96.9 Å². The Hall–Kier alpha value is -7.10. The Morgan fingerprint density at radius 2 is 1.63 bits per heavy atom. The van der Waals surface area contributed by atoms with Crippen LogP contribution in [0.5, 0.6) is 0 Å². The second kappa shape index (κ2) is 21.2. The second-order valence-corrected chi connectivity index (χ2v) is 16.6. The fraction of sp³-hybridized carbons (Fsp3) is 0.426. The van der Waals surface area contributed by atoms with Gasteiger partial charge in [-0.25, -0.2) is 14.2 Å². The highest BCUT2D eigenvalue weighted by atomic mass is 19.1. The minimum Gasteiger partial charge on any atom is -0.458 e. The van der Waals surface area contributed by atoms with Crippen molar-refractivity contribution in [2.24, 2.45) is 0 Å². The molecule has 0 bridgehead atoms. The van der Waals surface area contributed by atoms with Crippen LogP contribution in [-0.4, -0.2) is 108 Å². The van der Waals surface area contributed by atoms with E-state index in [0.29, 0.717) is 64.0 Å². The first-order chi connectivity index (χ1) is 32.6. The number of hydrogen-bond donors (Lipinski definition) is 7. The Morgan fingerprint density at radius 3 is 2.38 bits per heavy atom. The number of nitrogens with one attached hydrogen (secondary N) is 6. The second-order valence-electron chi connectivity index (χ2n) is 16.6. The van der Waals surface area contributed by atoms with Gasteiger partial charge in [0.2, 0.25) is 35.4 Å². The topological polar surface area (TPSA) is 274 Å². The third-order valence-electron chi connectivity index (χ3n) is 12.2. The lowest BCUT2D eigenvalue weighted by Gasteiger charge is -2.31. The molecule has 0 spiro atoms. The maximum Gasteiger partial charge on any atom is 0.343 e. The van der Waals surface area contributed by atoms with Gasteiger partial charge < -0.3 is 55.8 Å². The van der Waals surface area contributed by atoms with Crippen LogP contribution in [0.25, 0.3) is 22.3 Å². The van der Waals surface area contributed by atoms with Gasteiger partial charge in [0.15, 0.2) is 5.60 Å². The standard InChI is InChI=1S/C47H53FN8O12/c1-4-47(65)30-16-35-43-28(21-56(35)45(63)29(30)22-68-46(47)64)42-32(12-11-27-25(3)31(48)17-33(55-43)41(27)42)53-40(61)23-67-24-52-38(59)19-51-44(62)34(15-26-9-7-6-8-10-26)54-39(60)20-50-37(58)18-49-36(57)13-14-66-5-2/h6-10,16-17,32,34,65H,4-5,11-15,18-24H2,1-3H3,(H,49,57)(H,50,58)(H,51,62)(H,52,59)(H,53,61)(H,54,60)/t32-,34-,47-/m0/s1. The lowest BCUT2D eigenvalue weighted by atomic mass is 9.81. The molecular formula is C47H53FN8O12. The van der Waals surface area contributed by atoms with Gasteiger partial charge in [-0.3, -0.25) is 33.6 Å². The number of cyclic esters (lactones) is 1. The number of rotatable bonds is 20. The maximum absolute atomic E-state index is 15.3. The van der Waals surface area contributed by atoms with Crippen LogP contribution in [0.2, 0.25) is 0 Å². The number of hydrogen-bond acceptors (Lipinski definition) is 13. The fourth-order valence-corrected chi connectivity index (χ4v) is 8.69. The van der Waals surface area contributed by atoms with Crippen molar-refractivity contribution in [2.45, 2.75) is 83.7 Å². The maximum atomic E-state index is 15.3. The number of amides is 6. The molecule has 20 nitrogen and oxygen atoms in total. The summed E-state index contributed by atoms with van der Waals surface area (Å²) in [7, 11) is 0. The van der Waals surface area contributed by atoms with Crippen LogP contribution in [0.1, 0.15) is 78.1 Å². The number of aliphatic hydroxyl groups is 1. The Morgan fingerprint density at radius 1 is 0.912 bits per heavy atom. The van der Waals surface area contributed by atoms with E-state index in [4.69, 9.17) is 19.2 Å². The van der Waals surface area contributed by atoms with Crippen LogP contribution in [0.15, 0.2) is 47.3 Å². The third kappa shape index (κ3) is 10.5. The van der Waals surface area contributed by atoms with E-state index in [1.807, 2.05) is 0 Å². The Bertz CT molecular complexity index is 2730. The molecule has 0 saturated heterocycles. The zero-order valence-corrected chi connectivity index (χ0v) is 37.8. The molecule has 2 aromatic heterocycles. The molecule has 0 saturated carbocycles. The molecule has 3 aliphatic rings. The van der Waals surface area contributed by atoms with Crippen molar-refractivity contribution in [1.82, 2.24) is 41.5 Å². The molecule has 21 heteroatoms. The highest BCUT2D eigenvalue weighted by molar-refractivity contribution is 5.95. The summed E-state index contributed by atoms with van der Waals surface area (Å²) in [5, 5.41) is 27.3. The molecule has 7 rings (SSSR count). The van der Waals surface area contributed by atoms with Gasteiger partial charge in [-0.15, -0.1) is 0 Å². The molecule has 4 aromatic rings. The molecule has 3 atom stereocenters. The number of benzene rings is 2. The molecule has 4 heterocycles. The number of carbonyl (C=O) groups excluding carboxylic acids is 7. The number of halogens is 1. The number of nitrogens with zero attached hydrogens (tertiary/aromatic N) is 2. The van der Waals surface area contributed by atoms with Crippen molar-refractivity contribution in [3.8, 4) is 11.4 Å².